The molecule has 0 bridgehead atoms. The van der Waals surface area contributed by atoms with E-state index in [1.807, 2.05) is 7.05 Å². The zero-order valence-electron chi connectivity index (χ0n) is 12.2. The Balaban J connectivity index is 2.10. The number of nitrogens with two attached hydrogens (primary N) is 1. The lowest BCUT2D eigenvalue weighted by Gasteiger charge is -2.14. The number of aromatic nitrogens is 3. The van der Waals surface area contributed by atoms with Crippen LogP contribution in [0, 0.1) is 10.4 Å². The zero-order valence-corrected chi connectivity index (χ0v) is 12.2. The maximum Gasteiger partial charge on any atom is 0.377 e. The Kier molecular flexibility index (Phi) is 5.24. The highest BCUT2D eigenvalue weighted by atomic mass is 16.5. The summed E-state index contributed by atoms with van der Waals surface area (Å²) in [5.41, 5.74) is 6.18. The van der Waals surface area contributed by atoms with Crippen LogP contribution in [0.1, 0.15) is 25.1 Å². The molecule has 2 rings (SSSR count). The van der Waals surface area contributed by atoms with Crippen molar-refractivity contribution in [2.45, 2.75) is 31.7 Å². The van der Waals surface area contributed by atoms with Gasteiger partial charge >= 0.3 is 11.3 Å². The lowest BCUT2D eigenvalue weighted by Crippen LogP contribution is -2.45. The largest absolute Gasteiger partial charge is 0.710 e. The molecule has 1 atom stereocenters. The topological polar surface area (TPSA) is 105 Å². The molecule has 1 aromatic carbocycles. The molecule has 1 unspecified atom stereocenters. The molecule has 0 saturated heterocycles. The summed E-state index contributed by atoms with van der Waals surface area (Å²) in [4.78, 5) is 0.522. The third-order valence-corrected chi connectivity index (χ3v) is 3.62. The van der Waals surface area contributed by atoms with Gasteiger partial charge < -0.3 is 21.5 Å². The Morgan fingerprint density at radius 2 is 1.95 bits per heavy atom. The van der Waals surface area contributed by atoms with E-state index in [4.69, 9.17) is 5.73 Å². The van der Waals surface area contributed by atoms with Crippen LogP contribution in [0.5, 0.6) is 0 Å². The molecule has 0 saturated carbocycles. The Morgan fingerprint density at radius 3 is 2.62 bits per heavy atom. The Hall–Kier alpha value is -1.99. The summed E-state index contributed by atoms with van der Waals surface area (Å²) in [6.07, 6.45) is 3.03. The van der Waals surface area contributed by atoms with Gasteiger partial charge in [0.1, 0.15) is 0 Å². The second kappa shape index (κ2) is 7.14. The number of fused-ring (bicyclic) bond motifs is 1. The van der Waals surface area contributed by atoms with Gasteiger partial charge in [-0.15, -0.1) is 0 Å². The number of para-hydroxylation sites is 2. The number of rotatable bonds is 7. The molecule has 2 aromatic rings. The van der Waals surface area contributed by atoms with Gasteiger partial charge in [-0.05, 0) is 38.9 Å². The van der Waals surface area contributed by atoms with E-state index in [1.54, 1.807) is 24.3 Å². The summed E-state index contributed by atoms with van der Waals surface area (Å²) in [5, 5.41) is 31.1. The minimum Gasteiger partial charge on any atom is -0.710 e. The fourth-order valence-corrected chi connectivity index (χ4v) is 2.43. The number of hydrogen-bond acceptors (Lipinski definition) is 5. The van der Waals surface area contributed by atoms with Crippen LogP contribution < -0.4 is 20.6 Å². The summed E-state index contributed by atoms with van der Waals surface area (Å²) in [5.74, 6) is 0.256. The molecule has 0 fully saturated rings. The molecule has 7 nitrogen and oxygen atoms in total. The maximum absolute atomic E-state index is 12.2. The van der Waals surface area contributed by atoms with Gasteiger partial charge in [-0.2, -0.15) is 0 Å². The average molecular weight is 291 g/mol. The van der Waals surface area contributed by atoms with Gasteiger partial charge in [-0.25, -0.2) is 4.73 Å². The molecular weight excluding hydrogens is 270 g/mol. The minimum absolute atomic E-state index is 0.256. The van der Waals surface area contributed by atoms with Crippen molar-refractivity contribution >= 4 is 11.0 Å². The van der Waals surface area contributed by atoms with Crippen molar-refractivity contribution < 1.29 is 9.58 Å². The molecular formula is C14H21N5O2. The van der Waals surface area contributed by atoms with Crippen LogP contribution in [0.15, 0.2) is 24.3 Å². The van der Waals surface area contributed by atoms with E-state index in [0.717, 1.165) is 24.0 Å². The van der Waals surface area contributed by atoms with Crippen LogP contribution in [0.4, 0.5) is 0 Å². The summed E-state index contributed by atoms with van der Waals surface area (Å²) in [6, 6.07) is 7.00. The molecule has 1 heterocycles. The molecule has 21 heavy (non-hydrogen) atoms. The van der Waals surface area contributed by atoms with Gasteiger partial charge in [-0.1, -0.05) is 12.1 Å². The second-order valence-electron chi connectivity index (χ2n) is 5.03. The van der Waals surface area contributed by atoms with E-state index in [0.29, 0.717) is 29.4 Å². The van der Waals surface area contributed by atoms with Crippen LogP contribution in [-0.2, 0) is 6.42 Å². The monoisotopic (exact) mass is 291 g/mol. The fraction of sp³-hybridized carbons (Fsp3) is 0.500. The Labute approximate surface area is 123 Å². The highest BCUT2D eigenvalue weighted by Crippen LogP contribution is 2.07. The second-order valence-corrected chi connectivity index (χ2v) is 5.03. The van der Waals surface area contributed by atoms with Gasteiger partial charge in [0.2, 0.25) is 10.6 Å². The molecule has 1 aromatic heterocycles. The first kappa shape index (κ1) is 15.4. The smallest absolute Gasteiger partial charge is 0.377 e. The zero-order chi connectivity index (χ0) is 15.2. The fourth-order valence-electron chi connectivity index (χ4n) is 2.43. The highest BCUT2D eigenvalue weighted by molar-refractivity contribution is 5.66. The third kappa shape index (κ3) is 3.56. The van der Waals surface area contributed by atoms with E-state index in [2.05, 4.69) is 10.4 Å². The molecule has 0 spiro atoms. The van der Waals surface area contributed by atoms with Gasteiger partial charge in [0.05, 0.1) is 11.3 Å². The molecule has 3 N–H and O–H groups in total. The molecule has 114 valence electrons. The van der Waals surface area contributed by atoms with E-state index in [9.17, 15) is 10.4 Å². The van der Waals surface area contributed by atoms with Crippen molar-refractivity contribution in [3.63, 3.8) is 0 Å². The quantitative estimate of drug-likeness (QED) is 0.541. The first-order valence-electron chi connectivity index (χ1n) is 7.15. The average Bonchev–Trinajstić information content (AvgIpc) is 2.51. The van der Waals surface area contributed by atoms with Crippen LogP contribution in [0.3, 0.4) is 0 Å². The van der Waals surface area contributed by atoms with E-state index in [-0.39, 0.29) is 11.3 Å². The molecule has 0 radical (unpaired) electrons. The lowest BCUT2D eigenvalue weighted by atomic mass is 10.1. The van der Waals surface area contributed by atoms with Crippen LogP contribution in [0.2, 0.25) is 0 Å². The number of hydrogen-bond donors (Lipinski definition) is 2. The summed E-state index contributed by atoms with van der Waals surface area (Å²) in [7, 11) is 1.90. The predicted octanol–water partition coefficient (Wildman–Crippen LogP) is -0.239. The van der Waals surface area contributed by atoms with Gasteiger partial charge in [0.25, 0.3) is 0 Å². The number of aryl methyl sites for hydroxylation is 1. The maximum atomic E-state index is 12.2. The van der Waals surface area contributed by atoms with Crippen LogP contribution in [-0.4, -0.2) is 24.7 Å². The minimum atomic E-state index is 0.256. The summed E-state index contributed by atoms with van der Waals surface area (Å²) in [6.45, 7) is 0.627. The van der Waals surface area contributed by atoms with Gasteiger partial charge in [0.15, 0.2) is 0 Å². The van der Waals surface area contributed by atoms with Gasteiger partial charge in [0, 0.05) is 12.1 Å². The van der Waals surface area contributed by atoms with Crippen molar-refractivity contribution in [1.29, 1.82) is 0 Å². The van der Waals surface area contributed by atoms with Crippen molar-refractivity contribution in [3.8, 4) is 0 Å². The SMILES string of the molecule is CNC(CCN)CCCc1n[n+]([O-])c2ccccc2[n+]1[O-]. The van der Waals surface area contributed by atoms with Crippen molar-refractivity contribution in [2.75, 3.05) is 13.6 Å². The van der Waals surface area contributed by atoms with Crippen LogP contribution in [0.25, 0.3) is 11.0 Å². The first-order valence-corrected chi connectivity index (χ1v) is 7.15. The molecule has 0 aliphatic carbocycles. The van der Waals surface area contributed by atoms with Crippen molar-refractivity contribution in [1.82, 2.24) is 10.4 Å². The predicted molar refractivity (Wildman–Crippen MR) is 79.1 cm³/mol. The molecule has 7 heteroatoms. The van der Waals surface area contributed by atoms with E-state index >= 15 is 0 Å². The third-order valence-electron chi connectivity index (χ3n) is 3.62. The standard InChI is InChI=1S/C14H21N5O2/c1-16-11(9-10-15)5-4-8-14-17-19(21)13-7-3-2-6-12(13)18(14)20/h2-3,6-7,11,16H,4-5,8-10,15H2,1H3. The normalized spacial score (nSPS) is 12.7. The van der Waals surface area contributed by atoms with Gasteiger partial charge in [-0.3, -0.25) is 0 Å². The Morgan fingerprint density at radius 1 is 1.24 bits per heavy atom. The Bertz CT molecular complexity index is 605. The van der Waals surface area contributed by atoms with Crippen molar-refractivity contribution in [2.24, 2.45) is 5.73 Å². The number of nitrogens with zero attached hydrogens (tertiary/aromatic N) is 3. The highest BCUT2D eigenvalue weighted by Gasteiger charge is 2.21. The molecule has 0 amide bonds. The summed E-state index contributed by atoms with van der Waals surface area (Å²) >= 11 is 0. The molecule has 0 aliphatic heterocycles. The number of nitrogens with one attached hydrogen (secondary N) is 1. The number of benzene rings is 1. The van der Waals surface area contributed by atoms with E-state index in [1.165, 1.54) is 0 Å². The first-order chi connectivity index (χ1) is 10.2. The van der Waals surface area contributed by atoms with Crippen LogP contribution >= 0.6 is 0 Å². The molecule has 0 aliphatic rings. The summed E-state index contributed by atoms with van der Waals surface area (Å²) < 4.78 is 0.751. The van der Waals surface area contributed by atoms with Crippen molar-refractivity contribution in [3.05, 3.63) is 40.5 Å². The lowest BCUT2D eigenvalue weighted by molar-refractivity contribution is -0.685. The van der Waals surface area contributed by atoms with E-state index < -0.39 is 0 Å².